The van der Waals surface area contributed by atoms with E-state index in [1.54, 1.807) is 0 Å². The van der Waals surface area contributed by atoms with Gasteiger partial charge in [-0.25, -0.2) is 0 Å². The van der Waals surface area contributed by atoms with E-state index in [1.165, 1.54) is 24.2 Å². The van der Waals surface area contributed by atoms with Crippen LogP contribution in [0.25, 0.3) is 5.69 Å². The number of carbonyl (C=O) groups excluding carboxylic acids is 1. The molecule has 1 aliphatic heterocycles. The van der Waals surface area contributed by atoms with Crippen molar-refractivity contribution < 1.29 is 4.79 Å². The Morgan fingerprint density at radius 3 is 1.91 bits per heavy atom. The number of nitrogens with zero attached hydrogens (tertiary/aromatic N) is 2. The zero-order chi connectivity index (χ0) is 15.5. The fourth-order valence-corrected chi connectivity index (χ4v) is 3.29. The molecule has 116 valence electrons. The van der Waals surface area contributed by atoms with Gasteiger partial charge >= 0.3 is 0 Å². The molecule has 3 nitrogen and oxygen atoms in total. The monoisotopic (exact) mass is 296 g/mol. The molecule has 1 fully saturated rings. The van der Waals surface area contributed by atoms with E-state index in [9.17, 15) is 4.79 Å². The van der Waals surface area contributed by atoms with Gasteiger partial charge in [0.05, 0.1) is 0 Å². The number of benzene rings is 1. The molecule has 2 aromatic rings. The van der Waals surface area contributed by atoms with Crippen molar-refractivity contribution in [2.24, 2.45) is 0 Å². The van der Waals surface area contributed by atoms with Crippen LogP contribution in [-0.2, 0) is 0 Å². The predicted octanol–water partition coefficient (Wildman–Crippen LogP) is 4.11. The second kappa shape index (κ2) is 6.39. The molecule has 1 aliphatic rings. The molecule has 1 saturated heterocycles. The van der Waals surface area contributed by atoms with Gasteiger partial charge in [0.2, 0.25) is 0 Å². The van der Waals surface area contributed by atoms with Gasteiger partial charge in [0.15, 0.2) is 0 Å². The molecular formula is C19H24N2O. The van der Waals surface area contributed by atoms with Crippen molar-refractivity contribution in [3.8, 4) is 5.69 Å². The van der Waals surface area contributed by atoms with E-state index in [0.717, 1.165) is 37.2 Å². The van der Waals surface area contributed by atoms with Crippen molar-refractivity contribution in [2.75, 3.05) is 13.1 Å². The van der Waals surface area contributed by atoms with Gasteiger partial charge in [-0.05, 0) is 63.1 Å². The lowest BCUT2D eigenvalue weighted by atomic mass is 10.1. The van der Waals surface area contributed by atoms with Crippen LogP contribution in [0.2, 0.25) is 0 Å². The number of aryl methyl sites for hydroxylation is 2. The van der Waals surface area contributed by atoms with Crippen LogP contribution in [0.5, 0.6) is 0 Å². The fraction of sp³-hybridized carbons (Fsp3) is 0.421. The molecule has 0 bridgehead atoms. The van der Waals surface area contributed by atoms with Gasteiger partial charge in [-0.3, -0.25) is 4.79 Å². The minimum absolute atomic E-state index is 0.175. The van der Waals surface area contributed by atoms with Crippen LogP contribution >= 0.6 is 0 Å². The zero-order valence-corrected chi connectivity index (χ0v) is 13.5. The smallest absolute Gasteiger partial charge is 0.253 e. The molecule has 0 atom stereocenters. The molecule has 1 amide bonds. The van der Waals surface area contributed by atoms with Crippen molar-refractivity contribution in [1.82, 2.24) is 9.47 Å². The third-order valence-corrected chi connectivity index (χ3v) is 4.54. The molecule has 0 aliphatic carbocycles. The number of amides is 1. The molecule has 0 N–H and O–H groups in total. The van der Waals surface area contributed by atoms with E-state index in [2.05, 4.69) is 30.5 Å². The molecule has 0 unspecified atom stereocenters. The Balaban J connectivity index is 1.80. The Morgan fingerprint density at radius 1 is 0.818 bits per heavy atom. The predicted molar refractivity (Wildman–Crippen MR) is 89.6 cm³/mol. The summed E-state index contributed by atoms with van der Waals surface area (Å²) in [5, 5.41) is 0. The first-order valence-corrected chi connectivity index (χ1v) is 8.21. The van der Waals surface area contributed by atoms with E-state index in [4.69, 9.17) is 0 Å². The third kappa shape index (κ3) is 2.94. The average Bonchev–Trinajstić information content (AvgIpc) is 2.74. The fourth-order valence-electron chi connectivity index (χ4n) is 3.29. The first kappa shape index (κ1) is 14.9. The van der Waals surface area contributed by atoms with Crippen molar-refractivity contribution in [3.05, 3.63) is 53.3 Å². The topological polar surface area (TPSA) is 25.2 Å². The second-order valence-electron chi connectivity index (χ2n) is 6.20. The maximum absolute atomic E-state index is 12.6. The van der Waals surface area contributed by atoms with Crippen molar-refractivity contribution >= 4 is 5.91 Å². The van der Waals surface area contributed by atoms with Crippen LogP contribution in [0, 0.1) is 13.8 Å². The Hall–Kier alpha value is -2.03. The number of carbonyl (C=O) groups is 1. The lowest BCUT2D eigenvalue weighted by Crippen LogP contribution is -2.31. The summed E-state index contributed by atoms with van der Waals surface area (Å²) in [6.45, 7) is 6.00. The lowest BCUT2D eigenvalue weighted by molar-refractivity contribution is 0.0761. The van der Waals surface area contributed by atoms with Crippen molar-refractivity contribution in [2.45, 2.75) is 39.5 Å². The average molecular weight is 296 g/mol. The van der Waals surface area contributed by atoms with Crippen LogP contribution in [0.3, 0.4) is 0 Å². The van der Waals surface area contributed by atoms with Gasteiger partial charge in [0.1, 0.15) is 0 Å². The summed E-state index contributed by atoms with van der Waals surface area (Å²) < 4.78 is 2.21. The van der Waals surface area contributed by atoms with Gasteiger partial charge in [-0.2, -0.15) is 0 Å². The molecule has 0 radical (unpaired) electrons. The van der Waals surface area contributed by atoms with Crippen molar-refractivity contribution in [3.63, 3.8) is 0 Å². The van der Waals surface area contributed by atoms with Crippen LogP contribution in [0.4, 0.5) is 0 Å². The summed E-state index contributed by atoms with van der Waals surface area (Å²) in [6.07, 6.45) is 4.75. The number of aromatic nitrogens is 1. The van der Waals surface area contributed by atoms with E-state index >= 15 is 0 Å². The minimum atomic E-state index is 0.175. The van der Waals surface area contributed by atoms with Gasteiger partial charge in [0, 0.05) is 35.7 Å². The first-order valence-electron chi connectivity index (χ1n) is 8.21. The summed E-state index contributed by atoms with van der Waals surface area (Å²) in [5.41, 5.74) is 4.34. The normalized spacial score (nSPS) is 15.6. The number of likely N-dealkylation sites (tertiary alicyclic amines) is 1. The summed E-state index contributed by atoms with van der Waals surface area (Å²) >= 11 is 0. The highest BCUT2D eigenvalue weighted by molar-refractivity contribution is 5.94. The molecular weight excluding hydrogens is 272 g/mol. The van der Waals surface area contributed by atoms with Crippen LogP contribution in [0.1, 0.15) is 47.4 Å². The van der Waals surface area contributed by atoms with Gasteiger partial charge in [-0.1, -0.05) is 12.8 Å². The van der Waals surface area contributed by atoms with Crippen LogP contribution in [0.15, 0.2) is 36.4 Å². The Kier molecular flexibility index (Phi) is 4.32. The second-order valence-corrected chi connectivity index (χ2v) is 6.20. The highest BCUT2D eigenvalue weighted by Gasteiger charge is 2.17. The number of rotatable bonds is 2. The number of hydrogen-bond acceptors (Lipinski definition) is 1. The molecule has 1 aromatic carbocycles. The molecule has 1 aromatic heterocycles. The van der Waals surface area contributed by atoms with E-state index in [-0.39, 0.29) is 5.91 Å². The SMILES string of the molecule is Cc1ccc(C)n1-c1ccc(C(=O)N2CCCCCC2)cc1. The maximum Gasteiger partial charge on any atom is 0.253 e. The van der Waals surface area contributed by atoms with E-state index in [0.29, 0.717) is 0 Å². The maximum atomic E-state index is 12.6. The Labute approximate surface area is 132 Å². The molecule has 0 spiro atoms. The summed E-state index contributed by atoms with van der Waals surface area (Å²) in [7, 11) is 0. The summed E-state index contributed by atoms with van der Waals surface area (Å²) in [4.78, 5) is 14.6. The highest BCUT2D eigenvalue weighted by Crippen LogP contribution is 2.18. The van der Waals surface area contributed by atoms with E-state index < -0.39 is 0 Å². The van der Waals surface area contributed by atoms with Crippen LogP contribution < -0.4 is 0 Å². The lowest BCUT2D eigenvalue weighted by Gasteiger charge is -2.20. The summed E-state index contributed by atoms with van der Waals surface area (Å²) in [5.74, 6) is 0.175. The first-order chi connectivity index (χ1) is 10.7. The third-order valence-electron chi connectivity index (χ3n) is 4.54. The van der Waals surface area contributed by atoms with Crippen molar-refractivity contribution in [1.29, 1.82) is 0 Å². The summed E-state index contributed by atoms with van der Waals surface area (Å²) in [6, 6.07) is 12.2. The molecule has 0 saturated carbocycles. The molecule has 2 heterocycles. The Bertz CT molecular complexity index is 627. The minimum Gasteiger partial charge on any atom is -0.339 e. The highest BCUT2D eigenvalue weighted by atomic mass is 16.2. The number of hydrogen-bond donors (Lipinski definition) is 0. The largest absolute Gasteiger partial charge is 0.339 e. The molecule has 3 rings (SSSR count). The zero-order valence-electron chi connectivity index (χ0n) is 13.5. The quantitative estimate of drug-likeness (QED) is 0.818. The standard InChI is InChI=1S/C19H24N2O/c1-15-7-8-16(2)21(15)18-11-9-17(10-12-18)19(22)20-13-5-3-4-6-14-20/h7-12H,3-6,13-14H2,1-2H3. The van der Waals surface area contributed by atoms with Gasteiger partial charge in [-0.15, -0.1) is 0 Å². The Morgan fingerprint density at radius 2 is 1.36 bits per heavy atom. The molecule has 22 heavy (non-hydrogen) atoms. The molecule has 3 heteroatoms. The van der Waals surface area contributed by atoms with Gasteiger partial charge in [0.25, 0.3) is 5.91 Å². The van der Waals surface area contributed by atoms with Gasteiger partial charge < -0.3 is 9.47 Å². The van der Waals surface area contributed by atoms with E-state index in [1.807, 2.05) is 29.2 Å². The van der Waals surface area contributed by atoms with Crippen LogP contribution in [-0.4, -0.2) is 28.5 Å².